The number of aliphatic imine (C=N–C) groups is 1. The van der Waals surface area contributed by atoms with Gasteiger partial charge in [0, 0.05) is 24.5 Å². The van der Waals surface area contributed by atoms with Crippen molar-refractivity contribution < 1.29 is 22.0 Å². The van der Waals surface area contributed by atoms with Crippen molar-refractivity contribution >= 4 is 33.6 Å². The molecule has 1 amide bonds. The van der Waals surface area contributed by atoms with Crippen LogP contribution in [0.15, 0.2) is 53.2 Å². The van der Waals surface area contributed by atoms with Crippen LogP contribution in [0.3, 0.4) is 0 Å². The lowest BCUT2D eigenvalue weighted by atomic mass is 9.70. The molecule has 0 saturated heterocycles. The van der Waals surface area contributed by atoms with Crippen molar-refractivity contribution in [3.05, 3.63) is 71.1 Å². The van der Waals surface area contributed by atoms with E-state index in [9.17, 15) is 17.6 Å². The Morgan fingerprint density at radius 3 is 2.49 bits per heavy atom. The molecular formula is C35H50F2N6O3S. The maximum Gasteiger partial charge on any atom is 0.274 e. The number of hydrogen-bond acceptors (Lipinski definition) is 8. The Bertz CT molecular complexity index is 1560. The van der Waals surface area contributed by atoms with Crippen molar-refractivity contribution in [1.82, 2.24) is 9.88 Å². The maximum absolute atomic E-state index is 16.2. The van der Waals surface area contributed by atoms with Crippen LogP contribution in [0.4, 0.5) is 14.5 Å². The number of hydrogen-bond donors (Lipinski definition) is 3. The molecule has 0 radical (unpaired) electrons. The monoisotopic (exact) mass is 672 g/mol. The van der Waals surface area contributed by atoms with E-state index in [0.717, 1.165) is 43.5 Å². The van der Waals surface area contributed by atoms with Gasteiger partial charge in [0.2, 0.25) is 0 Å². The minimum atomic E-state index is -4.02. The van der Waals surface area contributed by atoms with Gasteiger partial charge in [0.15, 0.2) is 15.8 Å². The first-order valence-corrected chi connectivity index (χ1v) is 18.2. The number of anilines is 1. The molecule has 1 aliphatic heterocycles. The summed E-state index contributed by atoms with van der Waals surface area (Å²) in [6.07, 6.45) is 10.3. The topological polar surface area (TPSA) is 142 Å². The zero-order valence-electron chi connectivity index (χ0n) is 28.3. The van der Waals surface area contributed by atoms with Crippen molar-refractivity contribution in [2.24, 2.45) is 16.6 Å². The molecule has 12 heteroatoms. The van der Waals surface area contributed by atoms with Gasteiger partial charge >= 0.3 is 0 Å². The van der Waals surface area contributed by atoms with Gasteiger partial charge in [-0.2, -0.15) is 0 Å². The highest BCUT2D eigenvalue weighted by atomic mass is 32.2. The Kier molecular flexibility index (Phi) is 13.2. The van der Waals surface area contributed by atoms with Gasteiger partial charge in [-0.05, 0) is 80.3 Å². The molecule has 1 aromatic carbocycles. The fourth-order valence-electron chi connectivity index (χ4n) is 6.77. The number of guanidine groups is 1. The number of amides is 1. The SMILES string of the molecule is CCCCC=C(C=N)CC(CC)CCC1(CCC)C(CC)(c2cc(NC(=O)c3ccc(F)cn3)ccc2F)N=C(N)N(C)CS1(=O)=O. The van der Waals surface area contributed by atoms with Gasteiger partial charge in [-0.3, -0.25) is 4.79 Å². The normalized spacial score (nSPS) is 21.9. The minimum Gasteiger partial charge on any atom is -0.370 e. The first kappa shape index (κ1) is 37.8. The fourth-order valence-corrected chi connectivity index (χ4v) is 9.42. The van der Waals surface area contributed by atoms with Gasteiger partial charge in [0.05, 0.1) is 6.20 Å². The van der Waals surface area contributed by atoms with Crippen LogP contribution in [0.25, 0.3) is 0 Å². The molecule has 3 unspecified atom stereocenters. The van der Waals surface area contributed by atoms with Gasteiger partial charge in [-0.25, -0.2) is 27.2 Å². The molecule has 0 aliphatic carbocycles. The molecule has 0 spiro atoms. The van der Waals surface area contributed by atoms with Gasteiger partial charge < -0.3 is 21.4 Å². The lowest BCUT2D eigenvalue weighted by Crippen LogP contribution is -2.56. The number of halogens is 2. The van der Waals surface area contributed by atoms with Crippen LogP contribution in [0.5, 0.6) is 0 Å². The van der Waals surface area contributed by atoms with E-state index in [4.69, 9.17) is 16.1 Å². The average Bonchev–Trinajstić information content (AvgIpc) is 3.10. The molecule has 4 N–H and O–H groups in total. The molecule has 3 atom stereocenters. The molecular weight excluding hydrogens is 622 g/mol. The third-order valence-corrected chi connectivity index (χ3v) is 12.1. The summed E-state index contributed by atoms with van der Waals surface area (Å²) < 4.78 is 57.5. The van der Waals surface area contributed by atoms with Crippen LogP contribution < -0.4 is 11.1 Å². The number of nitrogens with one attached hydrogen (secondary N) is 2. The summed E-state index contributed by atoms with van der Waals surface area (Å²) in [4.78, 5) is 23.1. The molecule has 1 aliphatic rings. The van der Waals surface area contributed by atoms with Crippen molar-refractivity contribution in [1.29, 1.82) is 5.41 Å². The molecule has 2 aromatic rings. The third kappa shape index (κ3) is 8.25. The molecule has 0 bridgehead atoms. The Labute approximate surface area is 278 Å². The second-order valence-corrected chi connectivity index (χ2v) is 14.7. The van der Waals surface area contributed by atoms with Crippen LogP contribution in [-0.2, 0) is 15.4 Å². The minimum absolute atomic E-state index is 0.0188. The molecule has 1 aromatic heterocycles. The summed E-state index contributed by atoms with van der Waals surface area (Å²) >= 11 is 0. The number of aromatic nitrogens is 1. The lowest BCUT2D eigenvalue weighted by Gasteiger charge is -2.47. The van der Waals surface area contributed by atoms with E-state index in [2.05, 4.69) is 30.2 Å². The second-order valence-electron chi connectivity index (χ2n) is 12.5. The zero-order valence-corrected chi connectivity index (χ0v) is 29.1. The van der Waals surface area contributed by atoms with Crippen LogP contribution in [0.1, 0.15) is 108 Å². The molecule has 0 saturated carbocycles. The van der Waals surface area contributed by atoms with E-state index in [-0.39, 0.29) is 54.0 Å². The highest BCUT2D eigenvalue weighted by molar-refractivity contribution is 7.92. The molecule has 9 nitrogen and oxygen atoms in total. The van der Waals surface area contributed by atoms with Crippen LogP contribution in [0, 0.1) is 23.0 Å². The summed E-state index contributed by atoms with van der Waals surface area (Å²) in [5.74, 6) is -2.21. The van der Waals surface area contributed by atoms with Crippen molar-refractivity contribution in [3.8, 4) is 0 Å². The first-order chi connectivity index (χ1) is 22.3. The van der Waals surface area contributed by atoms with Crippen LogP contribution in [0.2, 0.25) is 0 Å². The Hall–Kier alpha value is -3.67. The number of rotatable bonds is 16. The highest BCUT2D eigenvalue weighted by Crippen LogP contribution is 2.53. The van der Waals surface area contributed by atoms with E-state index >= 15 is 4.39 Å². The quantitative estimate of drug-likeness (QED) is 0.126. The predicted octanol–water partition coefficient (Wildman–Crippen LogP) is 7.35. The Morgan fingerprint density at radius 2 is 1.89 bits per heavy atom. The summed E-state index contributed by atoms with van der Waals surface area (Å²) in [5, 5.41) is 10.7. The standard InChI is InChI=1S/C35H50F2N6O3S/c1-6-10-11-12-26(22-38)20-25(8-3)17-19-34(18-7-2)35(9-4,42-33(39)43(5)24-47(34,45)46)29-21-28(14-15-30(29)37)41-32(44)31-16-13-27(36)23-40-31/h12-16,21-23,25,38H,6-11,17-20,24H2,1-5H3,(H2,39,42)(H,41,44). The fraction of sp³-hybridized carbons (Fsp3) is 0.543. The van der Waals surface area contributed by atoms with E-state index in [1.807, 2.05) is 6.92 Å². The summed E-state index contributed by atoms with van der Waals surface area (Å²) in [6, 6.07) is 6.36. The third-order valence-electron chi connectivity index (χ3n) is 9.41. The molecule has 47 heavy (non-hydrogen) atoms. The number of benzene rings is 1. The largest absolute Gasteiger partial charge is 0.370 e. The van der Waals surface area contributed by atoms with Crippen LogP contribution in [-0.4, -0.2) is 54.1 Å². The predicted molar refractivity (Wildman–Crippen MR) is 185 cm³/mol. The van der Waals surface area contributed by atoms with E-state index < -0.39 is 37.7 Å². The number of carbonyl (C=O) groups excluding carboxylic acids is 1. The van der Waals surface area contributed by atoms with Gasteiger partial charge in [-0.1, -0.05) is 59.5 Å². The summed E-state index contributed by atoms with van der Waals surface area (Å²) in [5.41, 5.74) is 5.92. The number of sulfone groups is 1. The molecule has 258 valence electrons. The maximum atomic E-state index is 16.2. The van der Waals surface area contributed by atoms with E-state index in [1.54, 1.807) is 14.0 Å². The van der Waals surface area contributed by atoms with E-state index in [0.29, 0.717) is 19.3 Å². The molecule has 0 fully saturated rings. The number of unbranched alkanes of at least 4 members (excludes halogenated alkanes) is 2. The second kappa shape index (κ2) is 16.4. The number of allylic oxidation sites excluding steroid dienone is 2. The Balaban J connectivity index is 2.18. The van der Waals surface area contributed by atoms with Crippen molar-refractivity contribution in [2.45, 2.75) is 102 Å². The zero-order chi connectivity index (χ0) is 34.8. The lowest BCUT2D eigenvalue weighted by molar-refractivity contribution is 0.102. The van der Waals surface area contributed by atoms with E-state index in [1.165, 1.54) is 35.4 Å². The van der Waals surface area contributed by atoms with Crippen molar-refractivity contribution in [3.63, 3.8) is 0 Å². The number of carbonyl (C=O) groups is 1. The van der Waals surface area contributed by atoms with Gasteiger partial charge in [-0.15, -0.1) is 0 Å². The van der Waals surface area contributed by atoms with Gasteiger partial charge in [0.1, 0.15) is 33.5 Å². The summed E-state index contributed by atoms with van der Waals surface area (Å²) in [7, 11) is -2.45. The van der Waals surface area contributed by atoms with Crippen molar-refractivity contribution in [2.75, 3.05) is 18.2 Å². The van der Waals surface area contributed by atoms with Crippen LogP contribution >= 0.6 is 0 Å². The smallest absolute Gasteiger partial charge is 0.274 e. The molecule has 3 rings (SSSR count). The number of pyridine rings is 1. The number of nitrogens with two attached hydrogens (primary N) is 1. The molecule has 2 heterocycles. The first-order valence-electron chi connectivity index (χ1n) is 16.5. The summed E-state index contributed by atoms with van der Waals surface area (Å²) in [6.45, 7) is 7.87. The number of nitrogens with zero attached hydrogens (tertiary/aromatic N) is 3. The highest BCUT2D eigenvalue weighted by Gasteiger charge is 2.61. The van der Waals surface area contributed by atoms with Gasteiger partial charge in [0.25, 0.3) is 5.91 Å². The Morgan fingerprint density at radius 1 is 1.15 bits per heavy atom. The average molecular weight is 673 g/mol.